The van der Waals surface area contributed by atoms with Crippen LogP contribution in [-0.2, 0) is 11.2 Å². The van der Waals surface area contributed by atoms with Gasteiger partial charge in [0.15, 0.2) is 0 Å². The number of rotatable bonds is 4. The lowest BCUT2D eigenvalue weighted by Crippen LogP contribution is -2.51. The summed E-state index contributed by atoms with van der Waals surface area (Å²) < 4.78 is 5.24. The van der Waals surface area contributed by atoms with Crippen molar-refractivity contribution in [2.24, 2.45) is 0 Å². The summed E-state index contributed by atoms with van der Waals surface area (Å²) in [7, 11) is 1.62. The second-order valence-electron chi connectivity index (χ2n) is 6.23. The fourth-order valence-corrected chi connectivity index (χ4v) is 3.11. The van der Waals surface area contributed by atoms with E-state index in [-0.39, 0.29) is 11.8 Å². The van der Waals surface area contributed by atoms with Crippen molar-refractivity contribution >= 4 is 11.8 Å². The van der Waals surface area contributed by atoms with E-state index >= 15 is 0 Å². The highest BCUT2D eigenvalue weighted by molar-refractivity contribution is 5.94. The summed E-state index contributed by atoms with van der Waals surface area (Å²) >= 11 is 0. The maximum atomic E-state index is 12.7. The van der Waals surface area contributed by atoms with Gasteiger partial charge in [0.2, 0.25) is 5.91 Å². The van der Waals surface area contributed by atoms with Crippen molar-refractivity contribution < 1.29 is 14.3 Å². The van der Waals surface area contributed by atoms with Crippen LogP contribution in [0, 0.1) is 6.92 Å². The van der Waals surface area contributed by atoms with E-state index in [0.717, 1.165) is 17.0 Å². The lowest BCUT2D eigenvalue weighted by atomic mass is 10.1. The number of nitrogens with zero attached hydrogens (tertiary/aromatic N) is 2. The molecule has 2 heterocycles. The van der Waals surface area contributed by atoms with Crippen LogP contribution >= 0.6 is 0 Å². The normalized spacial score (nSPS) is 14.5. The van der Waals surface area contributed by atoms with Gasteiger partial charge in [0, 0.05) is 43.6 Å². The second kappa shape index (κ2) is 7.42. The first-order valence-corrected chi connectivity index (χ1v) is 8.42. The molecule has 0 aliphatic carbocycles. The van der Waals surface area contributed by atoms with Crippen molar-refractivity contribution in [1.82, 2.24) is 14.8 Å². The molecule has 1 saturated heterocycles. The molecule has 3 rings (SSSR count). The van der Waals surface area contributed by atoms with Crippen LogP contribution in [0.25, 0.3) is 0 Å². The van der Waals surface area contributed by atoms with E-state index in [4.69, 9.17) is 4.74 Å². The minimum Gasteiger partial charge on any atom is -0.496 e. The third kappa shape index (κ3) is 3.84. The van der Waals surface area contributed by atoms with Crippen LogP contribution < -0.4 is 4.74 Å². The van der Waals surface area contributed by atoms with Crippen molar-refractivity contribution in [3.05, 3.63) is 53.3 Å². The molecule has 0 unspecified atom stereocenters. The average Bonchev–Trinajstić information content (AvgIpc) is 3.14. The number of piperazine rings is 1. The highest BCUT2D eigenvalue weighted by Gasteiger charge is 2.25. The Kier molecular flexibility index (Phi) is 5.07. The molecule has 0 radical (unpaired) electrons. The van der Waals surface area contributed by atoms with Crippen molar-refractivity contribution in [3.63, 3.8) is 0 Å². The van der Waals surface area contributed by atoms with Crippen LogP contribution in [0.1, 0.15) is 21.6 Å². The van der Waals surface area contributed by atoms with Gasteiger partial charge in [-0.05, 0) is 42.8 Å². The third-order valence-corrected chi connectivity index (χ3v) is 4.57. The molecule has 6 nitrogen and oxygen atoms in total. The van der Waals surface area contributed by atoms with Crippen LogP contribution in [0.3, 0.4) is 0 Å². The second-order valence-corrected chi connectivity index (χ2v) is 6.23. The zero-order valence-corrected chi connectivity index (χ0v) is 14.6. The smallest absolute Gasteiger partial charge is 0.253 e. The first kappa shape index (κ1) is 17.1. The molecule has 1 aliphatic rings. The third-order valence-electron chi connectivity index (χ3n) is 4.57. The number of aromatic nitrogens is 1. The number of H-pyrrole nitrogens is 1. The van der Waals surface area contributed by atoms with E-state index < -0.39 is 0 Å². The van der Waals surface area contributed by atoms with Gasteiger partial charge in [-0.3, -0.25) is 9.59 Å². The lowest BCUT2D eigenvalue weighted by Gasteiger charge is -2.35. The summed E-state index contributed by atoms with van der Waals surface area (Å²) in [5.74, 6) is 0.869. The molecular weight excluding hydrogens is 318 g/mol. The van der Waals surface area contributed by atoms with Crippen LogP contribution in [0.4, 0.5) is 0 Å². The molecule has 0 saturated carbocycles. The molecule has 0 atom stereocenters. The Bertz CT molecular complexity index is 747. The largest absolute Gasteiger partial charge is 0.496 e. The first-order chi connectivity index (χ1) is 12.1. The molecule has 1 aromatic heterocycles. The molecule has 132 valence electrons. The summed E-state index contributed by atoms with van der Waals surface area (Å²) in [5.41, 5.74) is 2.51. The van der Waals surface area contributed by atoms with E-state index in [2.05, 4.69) is 4.98 Å². The predicted molar refractivity (Wildman–Crippen MR) is 94.7 cm³/mol. The van der Waals surface area contributed by atoms with Gasteiger partial charge in [-0.15, -0.1) is 0 Å². The minimum absolute atomic E-state index is 0.00206. The number of aryl methyl sites for hydroxylation is 1. The zero-order valence-electron chi connectivity index (χ0n) is 14.6. The Morgan fingerprint density at radius 2 is 1.84 bits per heavy atom. The van der Waals surface area contributed by atoms with Crippen LogP contribution in [-0.4, -0.2) is 59.9 Å². The molecule has 1 aliphatic heterocycles. The first-order valence-electron chi connectivity index (χ1n) is 8.42. The van der Waals surface area contributed by atoms with E-state index in [1.54, 1.807) is 18.1 Å². The van der Waals surface area contributed by atoms with Gasteiger partial charge in [-0.25, -0.2) is 0 Å². The fourth-order valence-electron chi connectivity index (χ4n) is 3.11. The molecule has 2 aromatic rings. The molecule has 1 fully saturated rings. The highest BCUT2D eigenvalue weighted by Crippen LogP contribution is 2.20. The molecule has 2 amide bonds. The molecular formula is C19H23N3O3. The fraction of sp³-hybridized carbons (Fsp3) is 0.368. The Morgan fingerprint density at radius 1 is 1.12 bits per heavy atom. The molecule has 0 bridgehead atoms. The number of hydrogen-bond acceptors (Lipinski definition) is 3. The Balaban J connectivity index is 1.57. The molecule has 6 heteroatoms. The van der Waals surface area contributed by atoms with Crippen molar-refractivity contribution in [2.45, 2.75) is 13.3 Å². The van der Waals surface area contributed by atoms with Gasteiger partial charge in [0.1, 0.15) is 5.75 Å². The van der Waals surface area contributed by atoms with Crippen molar-refractivity contribution in [3.8, 4) is 5.75 Å². The number of ether oxygens (including phenoxy) is 1. The SMILES string of the molecule is COc1ccc(C(=O)N2CCN(C(=O)Cc3ccc[nH]3)CC2)cc1C. The number of nitrogens with one attached hydrogen (secondary N) is 1. The molecule has 1 N–H and O–H groups in total. The number of benzene rings is 1. The molecule has 1 aromatic carbocycles. The Labute approximate surface area is 147 Å². The maximum Gasteiger partial charge on any atom is 0.253 e. The van der Waals surface area contributed by atoms with Crippen LogP contribution in [0.5, 0.6) is 5.75 Å². The monoisotopic (exact) mass is 341 g/mol. The molecule has 0 spiro atoms. The van der Waals surface area contributed by atoms with Crippen LogP contribution in [0.15, 0.2) is 36.5 Å². The summed E-state index contributed by atoms with van der Waals surface area (Å²) in [6.07, 6.45) is 2.19. The number of amides is 2. The van der Waals surface area contributed by atoms with Crippen LogP contribution in [0.2, 0.25) is 0 Å². The summed E-state index contributed by atoms with van der Waals surface area (Å²) in [4.78, 5) is 31.7. The highest BCUT2D eigenvalue weighted by atomic mass is 16.5. The van der Waals surface area contributed by atoms with Gasteiger partial charge in [-0.1, -0.05) is 0 Å². The number of carbonyl (C=O) groups is 2. The van der Waals surface area contributed by atoms with E-state index in [0.29, 0.717) is 38.2 Å². The van der Waals surface area contributed by atoms with Gasteiger partial charge in [-0.2, -0.15) is 0 Å². The standard InChI is InChI=1S/C19H23N3O3/c1-14-12-15(5-6-17(14)25-2)19(24)22-10-8-21(9-11-22)18(23)13-16-4-3-7-20-16/h3-7,12,20H,8-11,13H2,1-2H3. The lowest BCUT2D eigenvalue weighted by molar-refractivity contribution is -0.132. The average molecular weight is 341 g/mol. The summed E-state index contributed by atoms with van der Waals surface area (Å²) in [6.45, 7) is 4.18. The van der Waals surface area contributed by atoms with Crippen molar-refractivity contribution in [2.75, 3.05) is 33.3 Å². The van der Waals surface area contributed by atoms with Gasteiger partial charge >= 0.3 is 0 Å². The maximum absolute atomic E-state index is 12.7. The number of aromatic amines is 1. The predicted octanol–water partition coefficient (Wildman–Crippen LogP) is 1.86. The van der Waals surface area contributed by atoms with Gasteiger partial charge < -0.3 is 19.5 Å². The Morgan fingerprint density at radius 3 is 2.44 bits per heavy atom. The quantitative estimate of drug-likeness (QED) is 0.923. The van der Waals surface area contributed by atoms with E-state index in [9.17, 15) is 9.59 Å². The summed E-state index contributed by atoms with van der Waals surface area (Å²) in [5, 5.41) is 0. The zero-order chi connectivity index (χ0) is 17.8. The summed E-state index contributed by atoms with van der Waals surface area (Å²) in [6, 6.07) is 9.25. The van der Waals surface area contributed by atoms with E-state index in [1.165, 1.54) is 0 Å². The number of hydrogen-bond donors (Lipinski definition) is 1. The molecule has 25 heavy (non-hydrogen) atoms. The topological polar surface area (TPSA) is 65.6 Å². The minimum atomic E-state index is 0.00206. The van der Waals surface area contributed by atoms with Gasteiger partial charge in [0.05, 0.1) is 13.5 Å². The van der Waals surface area contributed by atoms with Gasteiger partial charge in [0.25, 0.3) is 5.91 Å². The van der Waals surface area contributed by atoms with E-state index in [1.807, 2.05) is 42.3 Å². The number of methoxy groups -OCH3 is 1. The van der Waals surface area contributed by atoms with Crippen molar-refractivity contribution in [1.29, 1.82) is 0 Å². The Hall–Kier alpha value is -2.76. The number of carbonyl (C=O) groups excluding carboxylic acids is 2.